The van der Waals surface area contributed by atoms with Gasteiger partial charge in [0, 0.05) is 24.5 Å². The van der Waals surface area contributed by atoms with E-state index < -0.39 is 0 Å². The molecule has 0 spiro atoms. The van der Waals surface area contributed by atoms with Crippen LogP contribution in [0.15, 0.2) is 28.9 Å². The van der Waals surface area contributed by atoms with Crippen molar-refractivity contribution in [2.45, 2.75) is 19.9 Å². The minimum absolute atomic E-state index is 0.366. The molecule has 12 heavy (non-hydrogen) atoms. The second-order valence-electron chi connectivity index (χ2n) is 3.29. The number of likely N-dealkylation sites (N-methyl/N-ethyl adjacent to an activating group) is 1. The summed E-state index contributed by atoms with van der Waals surface area (Å²) in [5, 5.41) is 3.11. The molecule has 1 aliphatic rings. The van der Waals surface area contributed by atoms with E-state index in [-0.39, 0.29) is 0 Å². The molecule has 0 aliphatic carbocycles. The molecule has 0 saturated carbocycles. The molecule has 1 unspecified atom stereocenters. The van der Waals surface area contributed by atoms with Crippen LogP contribution in [-0.4, -0.2) is 19.3 Å². The molecule has 2 heteroatoms. The van der Waals surface area contributed by atoms with Crippen LogP contribution in [0, 0.1) is 5.92 Å². The largest absolute Gasteiger partial charge is 0.388 e. The first-order valence-electron chi connectivity index (χ1n) is 4.28. The van der Waals surface area contributed by atoms with Gasteiger partial charge in [0.2, 0.25) is 0 Å². The molecule has 1 N–H and O–H groups in total. The van der Waals surface area contributed by atoms with Crippen molar-refractivity contribution in [1.29, 1.82) is 0 Å². The van der Waals surface area contributed by atoms with Gasteiger partial charge in [-0.05, 0) is 12.0 Å². The molecule has 1 aliphatic heterocycles. The van der Waals surface area contributed by atoms with Gasteiger partial charge in [-0.15, -0.1) is 0 Å². The van der Waals surface area contributed by atoms with Crippen LogP contribution in [0.5, 0.6) is 0 Å². The smallest absolute Gasteiger partial charge is 0.0806 e. The number of hydrogen-bond donors (Lipinski definition) is 1. The van der Waals surface area contributed by atoms with Gasteiger partial charge >= 0.3 is 0 Å². The van der Waals surface area contributed by atoms with Gasteiger partial charge in [0.05, 0.1) is 6.04 Å². The summed E-state index contributed by atoms with van der Waals surface area (Å²) in [6.07, 6.45) is 3.76. The molecule has 0 fully saturated rings. The van der Waals surface area contributed by atoms with Crippen molar-refractivity contribution < 1.29 is 0 Å². The lowest BCUT2D eigenvalue weighted by molar-refractivity contribution is 0.541. The molecule has 1 heterocycles. The van der Waals surface area contributed by atoms with Crippen LogP contribution in [0.1, 0.15) is 13.8 Å². The molecule has 0 aromatic heterocycles. The third-order valence-corrected chi connectivity index (χ3v) is 2.11. The summed E-state index contributed by atoms with van der Waals surface area (Å²) in [6, 6.07) is 0.366. The van der Waals surface area contributed by atoms with Gasteiger partial charge in [-0.25, -0.2) is 0 Å². The average Bonchev–Trinajstić information content (AvgIpc) is 1.96. The maximum Gasteiger partial charge on any atom is 0.0806 e. The molecular formula is C10H16N2. The van der Waals surface area contributed by atoms with Crippen LogP contribution >= 0.6 is 0 Å². The minimum Gasteiger partial charge on any atom is -0.388 e. The van der Waals surface area contributed by atoms with E-state index in [1.165, 1.54) is 5.57 Å². The molecule has 0 aromatic rings. The van der Waals surface area contributed by atoms with E-state index in [2.05, 4.69) is 30.7 Å². The number of nitrogens with zero attached hydrogens (tertiary/aromatic N) is 1. The summed E-state index contributed by atoms with van der Waals surface area (Å²) in [5.41, 5.74) is 2.38. The van der Waals surface area contributed by atoms with E-state index in [0.29, 0.717) is 12.0 Å². The average molecular weight is 164 g/mol. The van der Waals surface area contributed by atoms with Gasteiger partial charge in [-0.1, -0.05) is 20.4 Å². The highest BCUT2D eigenvalue weighted by Crippen LogP contribution is 2.24. The fourth-order valence-corrected chi connectivity index (χ4v) is 1.36. The second-order valence-corrected chi connectivity index (χ2v) is 3.29. The lowest BCUT2D eigenvalue weighted by Gasteiger charge is -2.26. The zero-order valence-corrected chi connectivity index (χ0v) is 7.96. The number of aliphatic imine (C=N–C) groups is 1. The summed E-state index contributed by atoms with van der Waals surface area (Å²) < 4.78 is 0. The van der Waals surface area contributed by atoms with Crippen molar-refractivity contribution in [3.05, 3.63) is 23.9 Å². The minimum atomic E-state index is 0.366. The van der Waals surface area contributed by atoms with E-state index in [4.69, 9.17) is 0 Å². The van der Waals surface area contributed by atoms with Crippen molar-refractivity contribution in [2.24, 2.45) is 10.9 Å². The number of nitrogens with one attached hydrogen (secondary N) is 1. The molecule has 1 atom stereocenters. The van der Waals surface area contributed by atoms with E-state index in [0.717, 1.165) is 5.70 Å². The Balaban J connectivity index is 2.84. The lowest BCUT2D eigenvalue weighted by atomic mass is 9.91. The molecular weight excluding hydrogens is 148 g/mol. The summed E-state index contributed by atoms with van der Waals surface area (Å²) in [7, 11) is 1.91. The summed E-state index contributed by atoms with van der Waals surface area (Å²) in [4.78, 5) is 4.30. The number of rotatable bonds is 3. The first-order valence-corrected chi connectivity index (χ1v) is 4.28. The third kappa shape index (κ3) is 1.42. The fraction of sp³-hybridized carbons (Fsp3) is 0.500. The van der Waals surface area contributed by atoms with Crippen LogP contribution in [-0.2, 0) is 0 Å². The first kappa shape index (κ1) is 9.04. The van der Waals surface area contributed by atoms with Gasteiger partial charge in [-0.3, -0.25) is 4.99 Å². The maximum absolute atomic E-state index is 4.30. The van der Waals surface area contributed by atoms with Crippen molar-refractivity contribution >= 4 is 6.21 Å². The summed E-state index contributed by atoms with van der Waals surface area (Å²) in [5.74, 6) is 0.577. The van der Waals surface area contributed by atoms with E-state index in [1.807, 2.05) is 19.3 Å². The standard InChI is InChI=1S/C10H16N2/c1-5-9(11-4)8-6-12-10(8)7(2)3/h5-7,10-11H,1H2,2-4H3. The monoisotopic (exact) mass is 164 g/mol. The maximum atomic E-state index is 4.30. The van der Waals surface area contributed by atoms with Crippen molar-refractivity contribution in [3.63, 3.8) is 0 Å². The first-order chi connectivity index (χ1) is 5.70. The molecule has 0 bridgehead atoms. The highest BCUT2D eigenvalue weighted by atomic mass is 14.9. The molecule has 66 valence electrons. The molecule has 1 rings (SSSR count). The number of allylic oxidation sites excluding steroid dienone is 1. The zero-order valence-electron chi connectivity index (χ0n) is 7.96. The highest BCUT2D eigenvalue weighted by Gasteiger charge is 2.24. The van der Waals surface area contributed by atoms with Gasteiger partial charge in [0.15, 0.2) is 0 Å². The molecule has 2 nitrogen and oxygen atoms in total. The summed E-state index contributed by atoms with van der Waals surface area (Å²) >= 11 is 0. The summed E-state index contributed by atoms with van der Waals surface area (Å²) in [6.45, 7) is 8.10. The van der Waals surface area contributed by atoms with Crippen LogP contribution < -0.4 is 5.32 Å². The number of hydrogen-bond acceptors (Lipinski definition) is 2. The quantitative estimate of drug-likeness (QED) is 0.675. The molecule has 0 aromatic carbocycles. The van der Waals surface area contributed by atoms with Gasteiger partial charge in [-0.2, -0.15) is 0 Å². The molecule has 0 amide bonds. The Bertz CT molecular complexity index is 236. The SMILES string of the molecule is C=CC(NC)=C1C=NC1C(C)C. The van der Waals surface area contributed by atoms with Crippen molar-refractivity contribution in [2.75, 3.05) is 7.05 Å². The van der Waals surface area contributed by atoms with Crippen LogP contribution in [0.3, 0.4) is 0 Å². The predicted molar refractivity (Wildman–Crippen MR) is 53.4 cm³/mol. The Morgan fingerprint density at radius 2 is 2.42 bits per heavy atom. The lowest BCUT2D eigenvalue weighted by Crippen LogP contribution is -2.28. The van der Waals surface area contributed by atoms with Crippen LogP contribution in [0.2, 0.25) is 0 Å². The fourth-order valence-electron chi connectivity index (χ4n) is 1.36. The Kier molecular flexibility index (Phi) is 2.69. The highest BCUT2D eigenvalue weighted by molar-refractivity contribution is 5.88. The second kappa shape index (κ2) is 3.57. The topological polar surface area (TPSA) is 24.4 Å². The van der Waals surface area contributed by atoms with Gasteiger partial charge in [0.25, 0.3) is 0 Å². The van der Waals surface area contributed by atoms with Gasteiger partial charge in [0.1, 0.15) is 0 Å². The zero-order chi connectivity index (χ0) is 9.14. The normalized spacial score (nSPS) is 25.2. The Morgan fingerprint density at radius 1 is 1.75 bits per heavy atom. The predicted octanol–water partition coefficient (Wildman–Crippen LogP) is 1.75. The van der Waals surface area contributed by atoms with Crippen molar-refractivity contribution in [3.8, 4) is 0 Å². The van der Waals surface area contributed by atoms with Gasteiger partial charge < -0.3 is 5.32 Å². The van der Waals surface area contributed by atoms with E-state index in [1.54, 1.807) is 0 Å². The molecule has 0 radical (unpaired) electrons. The van der Waals surface area contributed by atoms with E-state index >= 15 is 0 Å². The Hall–Kier alpha value is -1.05. The van der Waals surface area contributed by atoms with Crippen LogP contribution in [0.25, 0.3) is 0 Å². The van der Waals surface area contributed by atoms with Crippen molar-refractivity contribution in [1.82, 2.24) is 5.32 Å². The van der Waals surface area contributed by atoms with E-state index in [9.17, 15) is 0 Å². The molecule has 0 saturated heterocycles. The Labute approximate surface area is 74.1 Å². The Morgan fingerprint density at radius 3 is 2.67 bits per heavy atom. The van der Waals surface area contributed by atoms with Crippen LogP contribution in [0.4, 0.5) is 0 Å². The third-order valence-electron chi connectivity index (χ3n) is 2.11.